The summed E-state index contributed by atoms with van der Waals surface area (Å²) < 4.78 is 16.8. The Morgan fingerprint density at radius 1 is 0.333 bits per heavy atom. The Labute approximate surface area is 373 Å². The SMILES string of the molecule is CCCCCC/C=C\C/C=C\CCCCCCCC(=O)OCC(COC(=O)CCCCCCCCCCCCC)OC(=O)CCCCCCCCCCCCCCCCC. The van der Waals surface area contributed by atoms with E-state index in [4.69, 9.17) is 14.2 Å². The lowest BCUT2D eigenvalue weighted by molar-refractivity contribution is -0.167. The second kappa shape index (κ2) is 49.5. The molecule has 0 heterocycles. The van der Waals surface area contributed by atoms with Crippen LogP contribution in [0.4, 0.5) is 0 Å². The minimum atomic E-state index is -0.770. The van der Waals surface area contributed by atoms with E-state index < -0.39 is 6.10 Å². The van der Waals surface area contributed by atoms with E-state index in [0.29, 0.717) is 19.3 Å². The molecule has 352 valence electrons. The lowest BCUT2D eigenvalue weighted by Crippen LogP contribution is -2.30. The van der Waals surface area contributed by atoms with Gasteiger partial charge in [0.1, 0.15) is 13.2 Å². The summed E-state index contributed by atoms with van der Waals surface area (Å²) in [5, 5.41) is 0. The second-order valence-corrected chi connectivity index (χ2v) is 17.8. The highest BCUT2D eigenvalue weighted by Crippen LogP contribution is 2.16. The summed E-state index contributed by atoms with van der Waals surface area (Å²) in [5.74, 6) is -0.871. The van der Waals surface area contributed by atoms with Crippen molar-refractivity contribution in [3.8, 4) is 0 Å². The molecule has 0 aromatic carbocycles. The highest BCUT2D eigenvalue weighted by Gasteiger charge is 2.19. The fourth-order valence-electron chi connectivity index (χ4n) is 7.71. The molecule has 0 bridgehead atoms. The van der Waals surface area contributed by atoms with Gasteiger partial charge in [0, 0.05) is 19.3 Å². The van der Waals surface area contributed by atoms with Crippen molar-refractivity contribution < 1.29 is 28.6 Å². The van der Waals surface area contributed by atoms with Crippen LogP contribution in [0.2, 0.25) is 0 Å². The van der Waals surface area contributed by atoms with Crippen LogP contribution in [0, 0.1) is 0 Å². The summed E-state index contributed by atoms with van der Waals surface area (Å²) in [7, 11) is 0. The van der Waals surface area contributed by atoms with Gasteiger partial charge in [0.05, 0.1) is 0 Å². The molecule has 0 radical (unpaired) electrons. The van der Waals surface area contributed by atoms with E-state index >= 15 is 0 Å². The summed E-state index contributed by atoms with van der Waals surface area (Å²) in [6.07, 6.45) is 55.8. The van der Waals surface area contributed by atoms with Gasteiger partial charge in [-0.3, -0.25) is 14.4 Å². The highest BCUT2D eigenvalue weighted by atomic mass is 16.6. The third-order valence-corrected chi connectivity index (χ3v) is 11.7. The van der Waals surface area contributed by atoms with E-state index in [9.17, 15) is 14.4 Å². The quantitative estimate of drug-likeness (QED) is 0.0263. The topological polar surface area (TPSA) is 78.9 Å². The summed E-state index contributed by atoms with van der Waals surface area (Å²) in [6, 6.07) is 0. The molecule has 0 aromatic heterocycles. The molecule has 60 heavy (non-hydrogen) atoms. The average Bonchev–Trinajstić information content (AvgIpc) is 3.24. The molecular formula is C54H100O6. The molecule has 0 aromatic rings. The first kappa shape index (κ1) is 57.9. The van der Waals surface area contributed by atoms with E-state index in [-0.39, 0.29) is 31.1 Å². The van der Waals surface area contributed by atoms with Crippen LogP contribution < -0.4 is 0 Å². The van der Waals surface area contributed by atoms with Crippen molar-refractivity contribution in [3.63, 3.8) is 0 Å². The van der Waals surface area contributed by atoms with Crippen molar-refractivity contribution in [1.82, 2.24) is 0 Å². The molecule has 0 aliphatic rings. The van der Waals surface area contributed by atoms with Crippen molar-refractivity contribution in [3.05, 3.63) is 24.3 Å². The Balaban J connectivity index is 4.34. The monoisotopic (exact) mass is 845 g/mol. The molecule has 0 aliphatic heterocycles. The predicted octanol–water partition coefficient (Wildman–Crippen LogP) is 17.2. The minimum absolute atomic E-state index is 0.0709. The molecule has 1 unspecified atom stereocenters. The zero-order valence-electron chi connectivity index (χ0n) is 40.2. The van der Waals surface area contributed by atoms with E-state index in [2.05, 4.69) is 45.1 Å². The Morgan fingerprint density at radius 2 is 0.600 bits per heavy atom. The summed E-state index contributed by atoms with van der Waals surface area (Å²) in [4.78, 5) is 37.9. The number of unbranched alkanes of at least 4 members (excludes halogenated alkanes) is 33. The zero-order chi connectivity index (χ0) is 43.7. The third-order valence-electron chi connectivity index (χ3n) is 11.7. The van der Waals surface area contributed by atoms with Crippen LogP contribution in [0.15, 0.2) is 24.3 Å². The lowest BCUT2D eigenvalue weighted by atomic mass is 10.0. The standard InChI is InChI=1S/C54H100O6/c1-4-7-10-13-16-19-22-24-26-28-29-32-35-38-41-44-47-53(56)59-50-51(49-58-52(55)46-43-40-37-34-31-21-18-15-12-9-6-3)60-54(57)48-45-42-39-36-33-30-27-25-23-20-17-14-11-8-5-2/h19,22,26,28,51H,4-18,20-21,23-25,27,29-50H2,1-3H3/b22-19-,28-26-. The van der Waals surface area contributed by atoms with E-state index in [0.717, 1.165) is 77.0 Å². The Bertz CT molecular complexity index is 973. The van der Waals surface area contributed by atoms with Crippen molar-refractivity contribution in [2.45, 2.75) is 290 Å². The zero-order valence-corrected chi connectivity index (χ0v) is 40.2. The molecule has 0 aliphatic carbocycles. The van der Waals surface area contributed by atoms with Gasteiger partial charge in [0.2, 0.25) is 0 Å². The average molecular weight is 845 g/mol. The van der Waals surface area contributed by atoms with E-state index in [1.807, 2.05) is 0 Å². The van der Waals surface area contributed by atoms with Gasteiger partial charge in [-0.05, 0) is 51.4 Å². The van der Waals surface area contributed by atoms with Crippen molar-refractivity contribution in [2.24, 2.45) is 0 Å². The summed E-state index contributed by atoms with van der Waals surface area (Å²) >= 11 is 0. The molecule has 0 spiro atoms. The normalized spacial score (nSPS) is 12.1. The highest BCUT2D eigenvalue weighted by molar-refractivity contribution is 5.71. The number of hydrogen-bond acceptors (Lipinski definition) is 6. The lowest BCUT2D eigenvalue weighted by Gasteiger charge is -2.18. The van der Waals surface area contributed by atoms with Gasteiger partial charge >= 0.3 is 17.9 Å². The first-order valence-corrected chi connectivity index (χ1v) is 26.3. The van der Waals surface area contributed by atoms with Crippen LogP contribution >= 0.6 is 0 Å². The van der Waals surface area contributed by atoms with Gasteiger partial charge in [-0.2, -0.15) is 0 Å². The van der Waals surface area contributed by atoms with E-state index in [1.54, 1.807) is 0 Å². The van der Waals surface area contributed by atoms with Crippen LogP contribution in [0.3, 0.4) is 0 Å². The Hall–Kier alpha value is -2.11. The largest absolute Gasteiger partial charge is 0.462 e. The van der Waals surface area contributed by atoms with Crippen molar-refractivity contribution in [1.29, 1.82) is 0 Å². The third kappa shape index (κ3) is 46.9. The number of esters is 3. The number of carbonyl (C=O) groups is 3. The van der Waals surface area contributed by atoms with Crippen LogP contribution in [0.5, 0.6) is 0 Å². The summed E-state index contributed by atoms with van der Waals surface area (Å²) in [6.45, 7) is 6.63. The summed E-state index contributed by atoms with van der Waals surface area (Å²) in [5.41, 5.74) is 0. The van der Waals surface area contributed by atoms with Crippen LogP contribution in [0.25, 0.3) is 0 Å². The predicted molar refractivity (Wildman–Crippen MR) is 256 cm³/mol. The first-order valence-electron chi connectivity index (χ1n) is 26.3. The van der Waals surface area contributed by atoms with Gasteiger partial charge < -0.3 is 14.2 Å². The Morgan fingerprint density at radius 3 is 0.933 bits per heavy atom. The maximum atomic E-state index is 12.8. The number of hydrogen-bond donors (Lipinski definition) is 0. The molecule has 6 heteroatoms. The number of ether oxygens (including phenoxy) is 3. The number of allylic oxidation sites excluding steroid dienone is 4. The maximum absolute atomic E-state index is 12.8. The molecule has 0 saturated carbocycles. The molecule has 0 rings (SSSR count). The second-order valence-electron chi connectivity index (χ2n) is 17.8. The van der Waals surface area contributed by atoms with Gasteiger partial charge in [0.25, 0.3) is 0 Å². The van der Waals surface area contributed by atoms with Crippen LogP contribution in [-0.2, 0) is 28.6 Å². The molecule has 0 N–H and O–H groups in total. The van der Waals surface area contributed by atoms with Crippen molar-refractivity contribution in [2.75, 3.05) is 13.2 Å². The van der Waals surface area contributed by atoms with Crippen LogP contribution in [0.1, 0.15) is 284 Å². The van der Waals surface area contributed by atoms with Gasteiger partial charge in [-0.15, -0.1) is 0 Å². The molecular weight excluding hydrogens is 745 g/mol. The van der Waals surface area contributed by atoms with Gasteiger partial charge in [-0.25, -0.2) is 0 Å². The van der Waals surface area contributed by atoms with E-state index in [1.165, 1.54) is 167 Å². The fourth-order valence-corrected chi connectivity index (χ4v) is 7.71. The number of carbonyl (C=O) groups excluding carboxylic acids is 3. The fraction of sp³-hybridized carbons (Fsp3) is 0.870. The van der Waals surface area contributed by atoms with Crippen molar-refractivity contribution >= 4 is 17.9 Å². The smallest absolute Gasteiger partial charge is 0.306 e. The van der Waals surface area contributed by atoms with Gasteiger partial charge in [0.15, 0.2) is 6.10 Å². The molecule has 0 fully saturated rings. The molecule has 6 nitrogen and oxygen atoms in total. The van der Waals surface area contributed by atoms with Crippen LogP contribution in [-0.4, -0.2) is 37.2 Å². The molecule has 0 amide bonds. The molecule has 0 saturated heterocycles. The first-order chi connectivity index (χ1) is 29.5. The number of rotatable bonds is 48. The van der Waals surface area contributed by atoms with Gasteiger partial charge in [-0.1, -0.05) is 238 Å². The Kier molecular flexibility index (Phi) is 47.8. The molecule has 1 atom stereocenters. The maximum Gasteiger partial charge on any atom is 0.306 e. The minimum Gasteiger partial charge on any atom is -0.462 e.